The van der Waals surface area contributed by atoms with Gasteiger partial charge in [-0.3, -0.25) is 0 Å². The van der Waals surface area contributed by atoms with E-state index in [-0.39, 0.29) is 5.82 Å². The van der Waals surface area contributed by atoms with E-state index in [0.29, 0.717) is 0 Å². The highest BCUT2D eigenvalue weighted by molar-refractivity contribution is 6.00. The summed E-state index contributed by atoms with van der Waals surface area (Å²) in [6, 6.07) is 29.7. The average molecular weight is 298 g/mol. The molecule has 0 atom stereocenters. The number of hydrogen-bond donors (Lipinski definition) is 0. The topological polar surface area (TPSA) is 0 Å². The summed E-state index contributed by atoms with van der Waals surface area (Å²) in [5, 5.41) is 2.45. The van der Waals surface area contributed by atoms with E-state index < -0.39 is 0 Å². The first-order chi connectivity index (χ1) is 11.3. The van der Waals surface area contributed by atoms with E-state index in [2.05, 4.69) is 54.6 Å². The molecular weight excluding hydrogens is 283 g/mol. The van der Waals surface area contributed by atoms with Gasteiger partial charge >= 0.3 is 0 Å². The summed E-state index contributed by atoms with van der Waals surface area (Å²) in [5.41, 5.74) is 4.50. The van der Waals surface area contributed by atoms with Crippen LogP contribution in [0, 0.1) is 5.82 Å². The third kappa shape index (κ3) is 2.51. The SMILES string of the molecule is Fc1ccc(-c2ccccc2-c2cccc3ccccc23)cc1. The van der Waals surface area contributed by atoms with Gasteiger partial charge in [-0.2, -0.15) is 0 Å². The van der Waals surface area contributed by atoms with Crippen LogP contribution < -0.4 is 0 Å². The first kappa shape index (κ1) is 13.7. The molecule has 0 aliphatic carbocycles. The summed E-state index contributed by atoms with van der Waals surface area (Å²) in [6.45, 7) is 0. The Kier molecular flexibility index (Phi) is 3.39. The van der Waals surface area contributed by atoms with Crippen LogP contribution in [0.4, 0.5) is 4.39 Å². The van der Waals surface area contributed by atoms with Gasteiger partial charge in [0, 0.05) is 0 Å². The van der Waals surface area contributed by atoms with Crippen LogP contribution in [0.1, 0.15) is 0 Å². The molecule has 0 aromatic heterocycles. The van der Waals surface area contributed by atoms with Gasteiger partial charge in [0.2, 0.25) is 0 Å². The number of fused-ring (bicyclic) bond motifs is 1. The minimum Gasteiger partial charge on any atom is -0.207 e. The maximum atomic E-state index is 13.2. The molecule has 110 valence electrons. The first-order valence-corrected chi connectivity index (χ1v) is 7.66. The van der Waals surface area contributed by atoms with Gasteiger partial charge in [-0.15, -0.1) is 0 Å². The monoisotopic (exact) mass is 298 g/mol. The second kappa shape index (κ2) is 5.69. The largest absolute Gasteiger partial charge is 0.207 e. The summed E-state index contributed by atoms with van der Waals surface area (Å²) < 4.78 is 13.2. The number of rotatable bonds is 2. The molecule has 23 heavy (non-hydrogen) atoms. The molecule has 0 amide bonds. The van der Waals surface area contributed by atoms with Gasteiger partial charge in [0.15, 0.2) is 0 Å². The summed E-state index contributed by atoms with van der Waals surface area (Å²) in [4.78, 5) is 0. The quantitative estimate of drug-likeness (QED) is 0.406. The van der Waals surface area contributed by atoms with Gasteiger partial charge in [-0.25, -0.2) is 4.39 Å². The molecule has 0 bridgehead atoms. The zero-order valence-electron chi connectivity index (χ0n) is 12.5. The molecule has 0 radical (unpaired) electrons. The molecule has 0 aliphatic heterocycles. The van der Waals surface area contributed by atoms with Crippen molar-refractivity contribution in [2.24, 2.45) is 0 Å². The predicted molar refractivity (Wildman–Crippen MR) is 94.8 cm³/mol. The molecule has 0 N–H and O–H groups in total. The molecule has 0 unspecified atom stereocenters. The van der Waals surface area contributed by atoms with Crippen molar-refractivity contribution in [3.63, 3.8) is 0 Å². The highest BCUT2D eigenvalue weighted by atomic mass is 19.1. The Morgan fingerprint density at radius 2 is 1.09 bits per heavy atom. The van der Waals surface area contributed by atoms with Crippen molar-refractivity contribution in [1.82, 2.24) is 0 Å². The fourth-order valence-electron chi connectivity index (χ4n) is 3.06. The van der Waals surface area contributed by atoms with Gasteiger partial charge in [-0.05, 0) is 45.2 Å². The zero-order chi connectivity index (χ0) is 15.6. The number of hydrogen-bond acceptors (Lipinski definition) is 0. The number of benzene rings is 4. The van der Waals surface area contributed by atoms with E-state index in [1.165, 1.54) is 28.5 Å². The van der Waals surface area contributed by atoms with Crippen LogP contribution in [0.5, 0.6) is 0 Å². The second-order valence-corrected chi connectivity index (χ2v) is 5.58. The van der Waals surface area contributed by atoms with Crippen LogP contribution in [0.15, 0.2) is 91.0 Å². The molecule has 0 spiro atoms. The van der Waals surface area contributed by atoms with E-state index >= 15 is 0 Å². The van der Waals surface area contributed by atoms with Crippen LogP contribution in [0.3, 0.4) is 0 Å². The Bertz CT molecular complexity index is 963. The van der Waals surface area contributed by atoms with Crippen LogP contribution >= 0.6 is 0 Å². The van der Waals surface area contributed by atoms with E-state index in [0.717, 1.165) is 16.7 Å². The first-order valence-electron chi connectivity index (χ1n) is 7.66. The van der Waals surface area contributed by atoms with E-state index in [1.807, 2.05) is 24.3 Å². The molecule has 0 aliphatic rings. The van der Waals surface area contributed by atoms with Crippen molar-refractivity contribution in [3.8, 4) is 22.3 Å². The van der Waals surface area contributed by atoms with Gasteiger partial charge in [0.1, 0.15) is 5.82 Å². The highest BCUT2D eigenvalue weighted by Gasteiger charge is 2.09. The molecule has 1 heteroatoms. The average Bonchev–Trinajstić information content (AvgIpc) is 2.62. The highest BCUT2D eigenvalue weighted by Crippen LogP contribution is 2.35. The molecule has 0 saturated carbocycles. The Hall–Kier alpha value is -2.93. The third-order valence-corrected chi connectivity index (χ3v) is 4.16. The van der Waals surface area contributed by atoms with Gasteiger partial charge in [0.05, 0.1) is 0 Å². The zero-order valence-corrected chi connectivity index (χ0v) is 12.5. The minimum absolute atomic E-state index is 0.212. The lowest BCUT2D eigenvalue weighted by Crippen LogP contribution is -1.87. The lowest BCUT2D eigenvalue weighted by Gasteiger charge is -2.12. The summed E-state index contributed by atoms with van der Waals surface area (Å²) >= 11 is 0. The molecule has 0 fully saturated rings. The molecule has 4 aromatic carbocycles. The predicted octanol–water partition coefficient (Wildman–Crippen LogP) is 6.31. The van der Waals surface area contributed by atoms with Gasteiger partial charge in [0.25, 0.3) is 0 Å². The summed E-state index contributed by atoms with van der Waals surface area (Å²) in [6.07, 6.45) is 0. The van der Waals surface area contributed by atoms with Crippen molar-refractivity contribution >= 4 is 10.8 Å². The maximum absolute atomic E-state index is 13.2. The molecular formula is C22H15F. The summed E-state index contributed by atoms with van der Waals surface area (Å²) in [5.74, 6) is -0.212. The molecule has 0 heterocycles. The second-order valence-electron chi connectivity index (χ2n) is 5.58. The molecule has 0 nitrogen and oxygen atoms in total. The van der Waals surface area contributed by atoms with E-state index in [4.69, 9.17) is 0 Å². The maximum Gasteiger partial charge on any atom is 0.123 e. The standard InChI is InChI=1S/C22H15F/c23-18-14-12-17(13-15-18)20-9-3-4-10-21(20)22-11-5-7-16-6-1-2-8-19(16)22/h1-15H. The third-order valence-electron chi connectivity index (χ3n) is 4.16. The van der Waals surface area contributed by atoms with Crippen molar-refractivity contribution in [2.45, 2.75) is 0 Å². The fourth-order valence-corrected chi connectivity index (χ4v) is 3.06. The van der Waals surface area contributed by atoms with Crippen molar-refractivity contribution < 1.29 is 4.39 Å². The van der Waals surface area contributed by atoms with Gasteiger partial charge in [-0.1, -0.05) is 78.9 Å². The van der Waals surface area contributed by atoms with Crippen LogP contribution in [0.25, 0.3) is 33.0 Å². The van der Waals surface area contributed by atoms with E-state index in [9.17, 15) is 4.39 Å². The Balaban J connectivity index is 1.97. The normalized spacial score (nSPS) is 10.8. The van der Waals surface area contributed by atoms with Crippen molar-refractivity contribution in [2.75, 3.05) is 0 Å². The lowest BCUT2D eigenvalue weighted by atomic mass is 9.91. The molecule has 4 rings (SSSR count). The smallest absolute Gasteiger partial charge is 0.123 e. The van der Waals surface area contributed by atoms with Crippen molar-refractivity contribution in [3.05, 3.63) is 96.8 Å². The minimum atomic E-state index is -0.212. The fraction of sp³-hybridized carbons (Fsp3) is 0. The Labute approximate surface area is 134 Å². The lowest BCUT2D eigenvalue weighted by molar-refractivity contribution is 0.628. The van der Waals surface area contributed by atoms with Gasteiger partial charge < -0.3 is 0 Å². The van der Waals surface area contributed by atoms with Crippen LogP contribution in [0.2, 0.25) is 0 Å². The molecule has 4 aromatic rings. The Morgan fingerprint density at radius 1 is 0.478 bits per heavy atom. The Morgan fingerprint density at radius 3 is 1.91 bits per heavy atom. The molecule has 0 saturated heterocycles. The number of halogens is 1. The van der Waals surface area contributed by atoms with Crippen molar-refractivity contribution in [1.29, 1.82) is 0 Å². The van der Waals surface area contributed by atoms with Crippen LogP contribution in [-0.4, -0.2) is 0 Å². The van der Waals surface area contributed by atoms with E-state index in [1.54, 1.807) is 0 Å². The summed E-state index contributed by atoms with van der Waals surface area (Å²) in [7, 11) is 0. The van der Waals surface area contributed by atoms with Crippen LogP contribution in [-0.2, 0) is 0 Å².